The molecule has 0 aromatic carbocycles. The monoisotopic (exact) mass is 667 g/mol. The van der Waals surface area contributed by atoms with Gasteiger partial charge in [0.15, 0.2) is 5.60 Å². The maximum Gasteiger partial charge on any atom is 0.336 e. The van der Waals surface area contributed by atoms with Gasteiger partial charge < -0.3 is 45.2 Å². The Morgan fingerprint density at radius 3 is 1.43 bits per heavy atom. The van der Waals surface area contributed by atoms with Gasteiger partial charge in [-0.2, -0.15) is 0 Å². The zero-order valence-electron chi connectivity index (χ0n) is 28.3. The van der Waals surface area contributed by atoms with Crippen LogP contribution in [-0.2, 0) is 23.9 Å². The van der Waals surface area contributed by atoms with E-state index in [0.29, 0.717) is 26.2 Å². The van der Waals surface area contributed by atoms with Crippen molar-refractivity contribution in [1.29, 1.82) is 0 Å². The highest BCUT2D eigenvalue weighted by Crippen LogP contribution is 2.17. The first-order valence-electron chi connectivity index (χ1n) is 17.2. The van der Waals surface area contributed by atoms with Crippen molar-refractivity contribution in [3.8, 4) is 0 Å². The average Bonchev–Trinajstić information content (AvgIpc) is 2.99. The maximum absolute atomic E-state index is 11.7. The molecule has 0 aliphatic carbocycles. The van der Waals surface area contributed by atoms with Crippen LogP contribution in [0.25, 0.3) is 0 Å². The van der Waals surface area contributed by atoms with Gasteiger partial charge in [-0.3, -0.25) is 14.5 Å². The van der Waals surface area contributed by atoms with E-state index in [1.165, 1.54) is 83.5 Å². The molecule has 0 aliphatic rings. The minimum Gasteiger partial charge on any atom is -0.481 e. The lowest BCUT2D eigenvalue weighted by Crippen LogP contribution is -2.43. The molecule has 0 aromatic rings. The molecule has 2 unspecified atom stereocenters. The Morgan fingerprint density at radius 1 is 0.652 bits per heavy atom. The van der Waals surface area contributed by atoms with Gasteiger partial charge in [0, 0.05) is 26.2 Å². The van der Waals surface area contributed by atoms with Crippen molar-refractivity contribution in [3.63, 3.8) is 0 Å². The normalized spacial score (nSPS) is 13.1. The molecule has 46 heavy (non-hydrogen) atoms. The van der Waals surface area contributed by atoms with E-state index >= 15 is 0 Å². The van der Waals surface area contributed by atoms with Crippen LogP contribution in [0, 0.1) is 0 Å². The molecule has 0 aromatic heterocycles. The Hall–Kier alpha value is -1.87. The fourth-order valence-electron chi connectivity index (χ4n) is 4.72. The molecule has 0 saturated carbocycles. The molecule has 0 radical (unpaired) electrons. The Kier molecular flexibility index (Phi) is 33.2. The van der Waals surface area contributed by atoms with E-state index in [1.54, 1.807) is 4.90 Å². The molecule has 0 saturated heterocycles. The van der Waals surface area contributed by atoms with Crippen LogP contribution in [0.5, 0.6) is 0 Å². The SMILES string of the molecule is CCCCCCCCCCCCCCCCCCOCC(O)COC(=O)CC(O)(CC(=O)O)C(=O)O.OCCN(CCO)CCO. The highest BCUT2D eigenvalue weighted by Gasteiger charge is 2.41. The van der Waals surface area contributed by atoms with Crippen molar-refractivity contribution in [2.75, 3.05) is 59.3 Å². The van der Waals surface area contributed by atoms with Crippen molar-refractivity contribution < 1.29 is 59.6 Å². The summed E-state index contributed by atoms with van der Waals surface area (Å²) in [6.07, 6.45) is 17.3. The number of rotatable bonds is 32. The number of hydrogen-bond donors (Lipinski definition) is 7. The summed E-state index contributed by atoms with van der Waals surface area (Å²) in [5.41, 5.74) is -2.75. The average molecular weight is 668 g/mol. The number of aliphatic carboxylic acids is 2. The smallest absolute Gasteiger partial charge is 0.336 e. The molecule has 0 aliphatic heterocycles. The zero-order chi connectivity index (χ0) is 34.9. The Labute approximate surface area is 275 Å². The fraction of sp³-hybridized carbons (Fsp3) is 0.909. The number of ether oxygens (including phenoxy) is 2. The highest BCUT2D eigenvalue weighted by molar-refractivity contribution is 5.88. The number of carbonyl (C=O) groups is 3. The van der Waals surface area contributed by atoms with E-state index in [-0.39, 0.29) is 26.4 Å². The van der Waals surface area contributed by atoms with E-state index in [9.17, 15) is 24.6 Å². The molecular weight excluding hydrogens is 602 g/mol. The van der Waals surface area contributed by atoms with E-state index in [0.717, 1.165) is 19.3 Å². The summed E-state index contributed by atoms with van der Waals surface area (Å²) in [5.74, 6) is -4.50. The van der Waals surface area contributed by atoms with Gasteiger partial charge in [-0.05, 0) is 6.42 Å². The lowest BCUT2D eigenvalue weighted by atomic mass is 9.96. The highest BCUT2D eigenvalue weighted by atomic mass is 16.5. The van der Waals surface area contributed by atoms with Crippen LogP contribution in [-0.4, -0.2) is 130 Å². The van der Waals surface area contributed by atoms with Crippen LogP contribution in [0.1, 0.15) is 122 Å². The van der Waals surface area contributed by atoms with Crippen molar-refractivity contribution >= 4 is 17.9 Å². The standard InChI is InChI=1S/C27H50O9.C6H15NO3/c1-2-3-4-5-6-7-8-9-10-11-12-13-14-15-16-17-18-35-21-23(28)22-36-25(31)20-27(34,26(32)33)19-24(29)30;8-4-1-7(2-5-9)3-6-10/h23,28,34H,2-22H2,1H3,(H,29,30)(H,32,33);8-10H,1-6H2. The summed E-state index contributed by atoms with van der Waals surface area (Å²) in [5, 5.41) is 62.7. The first-order valence-corrected chi connectivity index (χ1v) is 17.2. The zero-order valence-corrected chi connectivity index (χ0v) is 28.3. The topological polar surface area (TPSA) is 215 Å². The molecular formula is C33H65NO12. The fourth-order valence-corrected chi connectivity index (χ4v) is 4.72. The lowest BCUT2D eigenvalue weighted by Gasteiger charge is -2.20. The van der Waals surface area contributed by atoms with E-state index in [4.69, 9.17) is 35.0 Å². The van der Waals surface area contributed by atoms with Crippen molar-refractivity contribution in [3.05, 3.63) is 0 Å². The molecule has 13 nitrogen and oxygen atoms in total. The van der Waals surface area contributed by atoms with Crippen LogP contribution >= 0.6 is 0 Å². The molecule has 0 fully saturated rings. The Morgan fingerprint density at radius 2 is 1.07 bits per heavy atom. The van der Waals surface area contributed by atoms with Gasteiger partial charge >= 0.3 is 17.9 Å². The Bertz CT molecular complexity index is 712. The predicted octanol–water partition coefficient (Wildman–Crippen LogP) is 3.11. The van der Waals surface area contributed by atoms with Crippen molar-refractivity contribution in [2.24, 2.45) is 0 Å². The van der Waals surface area contributed by atoms with Crippen LogP contribution < -0.4 is 0 Å². The number of carbonyl (C=O) groups excluding carboxylic acids is 1. The van der Waals surface area contributed by atoms with Gasteiger partial charge in [-0.25, -0.2) is 4.79 Å². The van der Waals surface area contributed by atoms with Crippen LogP contribution in [0.2, 0.25) is 0 Å². The minimum atomic E-state index is -2.75. The molecule has 7 N–H and O–H groups in total. The summed E-state index contributed by atoms with van der Waals surface area (Å²) in [6, 6.07) is 0. The third kappa shape index (κ3) is 30.8. The second kappa shape index (κ2) is 33.0. The van der Waals surface area contributed by atoms with Crippen molar-refractivity contribution in [1.82, 2.24) is 4.90 Å². The number of aliphatic hydroxyl groups excluding tert-OH is 4. The van der Waals surface area contributed by atoms with Crippen LogP contribution in [0.4, 0.5) is 0 Å². The van der Waals surface area contributed by atoms with Crippen molar-refractivity contribution in [2.45, 2.75) is 134 Å². The molecule has 2 atom stereocenters. The van der Waals surface area contributed by atoms with E-state index in [2.05, 4.69) is 6.92 Å². The summed E-state index contributed by atoms with van der Waals surface area (Å²) in [4.78, 5) is 35.2. The molecule has 13 heteroatoms. The number of esters is 1. The Balaban J connectivity index is 0. The molecule has 0 spiro atoms. The number of hydrogen-bond acceptors (Lipinski definition) is 11. The van der Waals surface area contributed by atoms with Gasteiger partial charge in [-0.15, -0.1) is 0 Å². The van der Waals surface area contributed by atoms with Gasteiger partial charge in [0.2, 0.25) is 0 Å². The molecule has 0 amide bonds. The molecule has 274 valence electrons. The molecule has 0 rings (SSSR count). The first kappa shape index (κ1) is 46.2. The minimum absolute atomic E-state index is 0.0374. The van der Waals surface area contributed by atoms with E-state index < -0.39 is 49.1 Å². The third-order valence-corrected chi connectivity index (χ3v) is 7.42. The quantitative estimate of drug-likeness (QED) is 0.0406. The largest absolute Gasteiger partial charge is 0.481 e. The van der Waals surface area contributed by atoms with Crippen LogP contribution in [0.15, 0.2) is 0 Å². The van der Waals surface area contributed by atoms with Gasteiger partial charge in [0.1, 0.15) is 12.7 Å². The van der Waals surface area contributed by atoms with Gasteiger partial charge in [0.25, 0.3) is 0 Å². The third-order valence-electron chi connectivity index (χ3n) is 7.42. The number of carboxylic acids is 2. The second-order valence-electron chi connectivity index (χ2n) is 11.8. The number of carboxylic acid groups (broad SMARTS) is 2. The number of unbranched alkanes of at least 4 members (excludes halogenated alkanes) is 15. The summed E-state index contributed by atoms with van der Waals surface area (Å²) < 4.78 is 10.1. The molecule has 0 heterocycles. The summed E-state index contributed by atoms with van der Waals surface area (Å²) in [7, 11) is 0. The number of aliphatic hydroxyl groups is 5. The van der Waals surface area contributed by atoms with E-state index in [1.807, 2.05) is 0 Å². The number of nitrogens with zero attached hydrogens (tertiary/aromatic N) is 1. The predicted molar refractivity (Wildman–Crippen MR) is 174 cm³/mol. The summed E-state index contributed by atoms with van der Waals surface area (Å²) in [6.45, 7) is 4.03. The van der Waals surface area contributed by atoms with Gasteiger partial charge in [-0.1, -0.05) is 103 Å². The lowest BCUT2D eigenvalue weighted by molar-refractivity contribution is -0.173. The summed E-state index contributed by atoms with van der Waals surface area (Å²) >= 11 is 0. The van der Waals surface area contributed by atoms with Gasteiger partial charge in [0.05, 0.1) is 39.3 Å². The first-order chi connectivity index (χ1) is 22.1. The van der Waals surface area contributed by atoms with Crippen LogP contribution in [0.3, 0.4) is 0 Å². The molecule has 0 bridgehead atoms. The maximum atomic E-state index is 11.7. The second-order valence-corrected chi connectivity index (χ2v) is 11.8.